The second-order valence-electron chi connectivity index (χ2n) is 4.96. The lowest BCUT2D eigenvalue weighted by Gasteiger charge is -2.19. The molecular weight excluding hydrogens is 254 g/mol. The minimum atomic E-state index is -0.865. The van der Waals surface area contributed by atoms with Gasteiger partial charge in [0, 0.05) is 19.5 Å². The van der Waals surface area contributed by atoms with Crippen LogP contribution in [0.2, 0.25) is 0 Å². The Balaban J connectivity index is 2.33. The largest absolute Gasteiger partial charge is 0.481 e. The zero-order valence-electron chi connectivity index (χ0n) is 12.3. The van der Waals surface area contributed by atoms with Crippen LogP contribution >= 0.6 is 0 Å². The van der Waals surface area contributed by atoms with Gasteiger partial charge in [-0.05, 0) is 32.3 Å². The Morgan fingerprint density at radius 1 is 1.15 bits per heavy atom. The number of hydrogen-bond acceptors (Lipinski definition) is 2. The van der Waals surface area contributed by atoms with Gasteiger partial charge in [-0.15, -0.1) is 0 Å². The molecule has 0 aliphatic heterocycles. The van der Waals surface area contributed by atoms with Crippen molar-refractivity contribution in [2.24, 2.45) is 0 Å². The van der Waals surface area contributed by atoms with Crippen LogP contribution in [0.4, 0.5) is 0 Å². The number of nitrogens with zero attached hydrogens (tertiary/aromatic N) is 1. The van der Waals surface area contributed by atoms with Gasteiger partial charge in [0.15, 0.2) is 0 Å². The predicted molar refractivity (Wildman–Crippen MR) is 78.6 cm³/mol. The van der Waals surface area contributed by atoms with Gasteiger partial charge in [-0.3, -0.25) is 9.59 Å². The lowest BCUT2D eigenvalue weighted by Crippen LogP contribution is -2.32. The molecule has 0 aliphatic rings. The number of amides is 1. The minimum Gasteiger partial charge on any atom is -0.481 e. The quantitative estimate of drug-likeness (QED) is 0.794. The number of rotatable bonds is 8. The molecule has 1 N–H and O–H groups in total. The summed E-state index contributed by atoms with van der Waals surface area (Å²) in [6, 6.07) is 8.31. The summed E-state index contributed by atoms with van der Waals surface area (Å²) >= 11 is 0. The number of aryl methyl sites for hydroxylation is 2. The van der Waals surface area contributed by atoms with E-state index in [1.54, 1.807) is 4.90 Å². The van der Waals surface area contributed by atoms with Crippen molar-refractivity contribution in [3.05, 3.63) is 35.4 Å². The molecule has 4 nitrogen and oxygen atoms in total. The van der Waals surface area contributed by atoms with Crippen molar-refractivity contribution in [1.29, 1.82) is 0 Å². The number of benzene rings is 1. The third-order valence-electron chi connectivity index (χ3n) is 3.31. The van der Waals surface area contributed by atoms with E-state index in [0.29, 0.717) is 19.5 Å². The molecule has 0 saturated carbocycles. The summed E-state index contributed by atoms with van der Waals surface area (Å²) in [5.41, 5.74) is 2.47. The number of hydrogen-bond donors (Lipinski definition) is 1. The average molecular weight is 277 g/mol. The van der Waals surface area contributed by atoms with Gasteiger partial charge in [0.25, 0.3) is 0 Å². The van der Waals surface area contributed by atoms with Gasteiger partial charge in [-0.25, -0.2) is 0 Å². The van der Waals surface area contributed by atoms with Crippen LogP contribution in [0.5, 0.6) is 0 Å². The molecule has 110 valence electrons. The van der Waals surface area contributed by atoms with E-state index < -0.39 is 5.97 Å². The van der Waals surface area contributed by atoms with E-state index in [0.717, 1.165) is 12.8 Å². The molecule has 20 heavy (non-hydrogen) atoms. The molecule has 1 aromatic rings. The monoisotopic (exact) mass is 277 g/mol. The zero-order valence-corrected chi connectivity index (χ0v) is 12.3. The van der Waals surface area contributed by atoms with Crippen molar-refractivity contribution in [3.63, 3.8) is 0 Å². The smallest absolute Gasteiger partial charge is 0.305 e. The van der Waals surface area contributed by atoms with Crippen LogP contribution in [-0.2, 0) is 16.0 Å². The fraction of sp³-hybridized carbons (Fsp3) is 0.500. The molecule has 0 aromatic heterocycles. The highest BCUT2D eigenvalue weighted by Gasteiger charge is 2.12. The van der Waals surface area contributed by atoms with Crippen LogP contribution in [0, 0.1) is 6.92 Å². The van der Waals surface area contributed by atoms with Crippen molar-refractivity contribution in [1.82, 2.24) is 4.90 Å². The maximum Gasteiger partial charge on any atom is 0.305 e. The molecule has 0 bridgehead atoms. The summed E-state index contributed by atoms with van der Waals surface area (Å²) in [4.78, 5) is 24.1. The first-order valence-electron chi connectivity index (χ1n) is 7.08. The molecule has 0 radical (unpaired) electrons. The number of carbonyl (C=O) groups excluding carboxylic acids is 1. The van der Waals surface area contributed by atoms with Crippen LogP contribution < -0.4 is 0 Å². The van der Waals surface area contributed by atoms with Gasteiger partial charge in [-0.2, -0.15) is 0 Å². The highest BCUT2D eigenvalue weighted by atomic mass is 16.4. The minimum absolute atomic E-state index is 0.0115. The Hall–Kier alpha value is -1.84. The fourth-order valence-corrected chi connectivity index (χ4v) is 2.05. The van der Waals surface area contributed by atoms with Crippen LogP contribution in [0.3, 0.4) is 0 Å². The van der Waals surface area contributed by atoms with Gasteiger partial charge in [0.05, 0.1) is 6.42 Å². The number of carbonyl (C=O) groups is 2. The predicted octanol–water partition coefficient (Wildman–Crippen LogP) is 2.64. The number of carboxylic acids is 1. The number of aliphatic carboxylic acids is 1. The Labute approximate surface area is 120 Å². The van der Waals surface area contributed by atoms with Gasteiger partial charge >= 0.3 is 5.97 Å². The SMILES string of the molecule is CCN(CCC(=O)O)C(=O)CCCc1ccc(C)cc1. The Morgan fingerprint density at radius 2 is 1.80 bits per heavy atom. The van der Waals surface area contributed by atoms with E-state index >= 15 is 0 Å². The van der Waals surface area contributed by atoms with E-state index in [-0.39, 0.29) is 12.3 Å². The van der Waals surface area contributed by atoms with Crippen LogP contribution in [-0.4, -0.2) is 35.0 Å². The maximum absolute atomic E-state index is 12.0. The first kappa shape index (κ1) is 16.2. The molecule has 0 unspecified atom stereocenters. The molecule has 0 spiro atoms. The first-order valence-corrected chi connectivity index (χ1v) is 7.08. The third kappa shape index (κ3) is 5.87. The van der Waals surface area contributed by atoms with Crippen molar-refractivity contribution >= 4 is 11.9 Å². The van der Waals surface area contributed by atoms with Crippen molar-refractivity contribution in [2.75, 3.05) is 13.1 Å². The molecule has 0 heterocycles. The molecule has 0 fully saturated rings. The Kier molecular flexibility index (Phi) is 6.77. The molecule has 0 aliphatic carbocycles. The molecule has 1 rings (SSSR count). The van der Waals surface area contributed by atoms with E-state index in [2.05, 4.69) is 31.2 Å². The summed E-state index contributed by atoms with van der Waals surface area (Å²) in [5.74, 6) is -0.822. The summed E-state index contributed by atoms with van der Waals surface area (Å²) in [6.45, 7) is 4.79. The maximum atomic E-state index is 12.0. The molecular formula is C16H23NO3. The van der Waals surface area contributed by atoms with E-state index in [1.807, 2.05) is 6.92 Å². The second kappa shape index (κ2) is 8.35. The van der Waals surface area contributed by atoms with Gasteiger partial charge in [-0.1, -0.05) is 29.8 Å². The highest BCUT2D eigenvalue weighted by molar-refractivity contribution is 5.77. The average Bonchev–Trinajstić information content (AvgIpc) is 2.41. The second-order valence-corrected chi connectivity index (χ2v) is 4.96. The van der Waals surface area contributed by atoms with Crippen LogP contribution in [0.15, 0.2) is 24.3 Å². The van der Waals surface area contributed by atoms with E-state index in [4.69, 9.17) is 5.11 Å². The zero-order chi connectivity index (χ0) is 15.0. The molecule has 0 atom stereocenters. The molecule has 0 saturated heterocycles. The van der Waals surface area contributed by atoms with E-state index in [9.17, 15) is 9.59 Å². The standard InChI is InChI=1S/C16H23NO3/c1-3-17(12-11-16(19)20)15(18)6-4-5-14-9-7-13(2)8-10-14/h7-10H,3-6,11-12H2,1-2H3,(H,19,20). The summed E-state index contributed by atoms with van der Waals surface area (Å²) in [6.07, 6.45) is 2.16. The van der Waals surface area contributed by atoms with E-state index in [1.165, 1.54) is 11.1 Å². The van der Waals surface area contributed by atoms with Crippen molar-refractivity contribution in [2.45, 2.75) is 39.5 Å². The van der Waals surface area contributed by atoms with Crippen LogP contribution in [0.1, 0.15) is 37.3 Å². The number of carboxylic acid groups (broad SMARTS) is 1. The Bertz CT molecular complexity index is 440. The fourth-order valence-electron chi connectivity index (χ4n) is 2.05. The topological polar surface area (TPSA) is 57.6 Å². The molecule has 1 amide bonds. The van der Waals surface area contributed by atoms with Gasteiger partial charge in [0.1, 0.15) is 0 Å². The summed E-state index contributed by atoms with van der Waals surface area (Å²) in [5, 5.41) is 8.65. The molecule has 1 aromatic carbocycles. The first-order chi connectivity index (χ1) is 9.52. The lowest BCUT2D eigenvalue weighted by molar-refractivity contribution is -0.138. The highest BCUT2D eigenvalue weighted by Crippen LogP contribution is 2.08. The molecule has 4 heteroatoms. The Morgan fingerprint density at radius 3 is 2.35 bits per heavy atom. The van der Waals surface area contributed by atoms with Crippen LogP contribution in [0.25, 0.3) is 0 Å². The summed E-state index contributed by atoms with van der Waals surface area (Å²) < 4.78 is 0. The lowest BCUT2D eigenvalue weighted by atomic mass is 10.1. The van der Waals surface area contributed by atoms with Crippen molar-refractivity contribution < 1.29 is 14.7 Å². The van der Waals surface area contributed by atoms with Gasteiger partial charge < -0.3 is 10.0 Å². The summed E-state index contributed by atoms with van der Waals surface area (Å²) in [7, 11) is 0. The van der Waals surface area contributed by atoms with Crippen molar-refractivity contribution in [3.8, 4) is 0 Å². The van der Waals surface area contributed by atoms with Gasteiger partial charge in [0.2, 0.25) is 5.91 Å². The third-order valence-corrected chi connectivity index (χ3v) is 3.31. The normalized spacial score (nSPS) is 10.3.